The normalized spacial score (nSPS) is 11.0. The fourth-order valence-electron chi connectivity index (χ4n) is 1.66. The Balaban J connectivity index is 2.17. The van der Waals surface area contributed by atoms with Gasteiger partial charge in [0.1, 0.15) is 0 Å². The Morgan fingerprint density at radius 3 is 2.58 bits per heavy atom. The zero-order chi connectivity index (χ0) is 13.9. The molecule has 1 rings (SSSR count). The first-order chi connectivity index (χ1) is 9.24. The summed E-state index contributed by atoms with van der Waals surface area (Å²) in [6.07, 6.45) is 9.02. The molecule has 0 N–H and O–H groups in total. The van der Waals surface area contributed by atoms with Crippen LogP contribution in [-0.4, -0.2) is 11.5 Å². The topological polar surface area (TPSA) is 52.4 Å². The number of ether oxygens (including phenoxy) is 1. The van der Waals surface area contributed by atoms with Gasteiger partial charge in [0.2, 0.25) is 0 Å². The van der Waals surface area contributed by atoms with E-state index in [2.05, 4.69) is 13.0 Å². The average molecular weight is 263 g/mol. The number of nitro groups is 1. The van der Waals surface area contributed by atoms with Crippen LogP contribution in [0.5, 0.6) is 0 Å². The van der Waals surface area contributed by atoms with Gasteiger partial charge in [0.25, 0.3) is 5.69 Å². The molecule has 1 aromatic rings. The highest BCUT2D eigenvalue weighted by molar-refractivity contribution is 5.32. The van der Waals surface area contributed by atoms with E-state index in [-0.39, 0.29) is 5.69 Å². The molecule has 4 nitrogen and oxygen atoms in total. The largest absolute Gasteiger partial charge is 0.373 e. The first-order valence-corrected chi connectivity index (χ1v) is 6.70. The number of benzene rings is 1. The number of nitro benzene ring substituents is 1. The molecule has 0 bridgehead atoms. The summed E-state index contributed by atoms with van der Waals surface area (Å²) in [7, 11) is 0. The van der Waals surface area contributed by atoms with E-state index < -0.39 is 4.92 Å². The molecule has 4 heteroatoms. The highest BCUT2D eigenvalue weighted by atomic mass is 16.6. The molecule has 0 unspecified atom stereocenters. The van der Waals surface area contributed by atoms with Crippen molar-refractivity contribution in [3.05, 3.63) is 52.1 Å². The van der Waals surface area contributed by atoms with E-state index >= 15 is 0 Å². The maximum Gasteiger partial charge on any atom is 0.269 e. The van der Waals surface area contributed by atoms with E-state index in [4.69, 9.17) is 4.74 Å². The highest BCUT2D eigenvalue weighted by Crippen LogP contribution is 2.12. The Kier molecular flexibility index (Phi) is 7.51. The van der Waals surface area contributed by atoms with Gasteiger partial charge >= 0.3 is 0 Å². The van der Waals surface area contributed by atoms with Gasteiger partial charge in [0.05, 0.1) is 18.1 Å². The maximum absolute atomic E-state index is 10.5. The molecule has 1 aromatic carbocycles. The molecule has 0 aliphatic heterocycles. The van der Waals surface area contributed by atoms with Crippen molar-refractivity contribution >= 4 is 5.69 Å². The number of hydrogen-bond donors (Lipinski definition) is 0. The lowest BCUT2D eigenvalue weighted by molar-refractivity contribution is -0.384. The van der Waals surface area contributed by atoms with Crippen LogP contribution in [0.2, 0.25) is 0 Å². The number of allylic oxidation sites excluding steroid dienone is 1. The van der Waals surface area contributed by atoms with Crippen molar-refractivity contribution in [2.45, 2.75) is 39.2 Å². The molecular weight excluding hydrogens is 242 g/mol. The summed E-state index contributed by atoms with van der Waals surface area (Å²) in [5.74, 6) is 0. The van der Waals surface area contributed by atoms with Gasteiger partial charge in [-0.05, 0) is 30.5 Å². The second-order valence-corrected chi connectivity index (χ2v) is 4.41. The van der Waals surface area contributed by atoms with Crippen molar-refractivity contribution in [3.63, 3.8) is 0 Å². The van der Waals surface area contributed by atoms with Crippen LogP contribution in [0.3, 0.4) is 0 Å². The molecule has 0 radical (unpaired) electrons. The van der Waals surface area contributed by atoms with Gasteiger partial charge in [-0.25, -0.2) is 0 Å². The minimum Gasteiger partial charge on any atom is -0.373 e. The van der Waals surface area contributed by atoms with Crippen molar-refractivity contribution in [2.24, 2.45) is 0 Å². The van der Waals surface area contributed by atoms with E-state index in [1.807, 2.05) is 6.08 Å². The van der Waals surface area contributed by atoms with Crippen LogP contribution in [0.1, 0.15) is 38.2 Å². The van der Waals surface area contributed by atoms with Crippen molar-refractivity contribution < 1.29 is 9.66 Å². The first-order valence-electron chi connectivity index (χ1n) is 6.70. The van der Waals surface area contributed by atoms with Crippen LogP contribution in [0.25, 0.3) is 0 Å². The Labute approximate surface area is 114 Å². The number of nitrogens with zero attached hydrogens (tertiary/aromatic N) is 1. The Hall–Kier alpha value is -1.68. The smallest absolute Gasteiger partial charge is 0.269 e. The maximum atomic E-state index is 10.5. The Morgan fingerprint density at radius 1 is 1.21 bits per heavy atom. The molecule has 0 heterocycles. The molecule has 0 aliphatic rings. The Morgan fingerprint density at radius 2 is 1.95 bits per heavy atom. The number of non-ortho nitro benzene ring substituents is 1. The zero-order valence-corrected chi connectivity index (χ0v) is 11.4. The lowest BCUT2D eigenvalue weighted by Gasteiger charge is -2.01. The van der Waals surface area contributed by atoms with E-state index in [1.165, 1.54) is 31.4 Å². The fourth-order valence-corrected chi connectivity index (χ4v) is 1.66. The standard InChI is InChI=1S/C15H21NO3/c1-2-3-4-5-6-7-12-19-13-14-8-10-15(11-9-14)16(17)18/h6-11H,2-5,12-13H2,1H3/b7-6+. The molecule has 0 saturated carbocycles. The minimum atomic E-state index is -0.399. The van der Waals surface area contributed by atoms with Gasteiger partial charge in [-0.3, -0.25) is 10.1 Å². The summed E-state index contributed by atoms with van der Waals surface area (Å²) in [6, 6.07) is 6.45. The monoisotopic (exact) mass is 263 g/mol. The van der Waals surface area contributed by atoms with E-state index in [9.17, 15) is 10.1 Å². The molecule has 0 aromatic heterocycles. The molecule has 0 spiro atoms. The second kappa shape index (κ2) is 9.28. The van der Waals surface area contributed by atoms with Gasteiger partial charge in [0.15, 0.2) is 0 Å². The van der Waals surface area contributed by atoms with Gasteiger partial charge in [-0.2, -0.15) is 0 Å². The molecule has 0 amide bonds. The fraction of sp³-hybridized carbons (Fsp3) is 0.467. The van der Waals surface area contributed by atoms with Gasteiger partial charge in [-0.15, -0.1) is 0 Å². The summed E-state index contributed by atoms with van der Waals surface area (Å²) >= 11 is 0. The van der Waals surface area contributed by atoms with Gasteiger partial charge < -0.3 is 4.74 Å². The third-order valence-electron chi connectivity index (χ3n) is 2.77. The van der Waals surface area contributed by atoms with Crippen LogP contribution in [-0.2, 0) is 11.3 Å². The highest BCUT2D eigenvalue weighted by Gasteiger charge is 2.03. The van der Waals surface area contributed by atoms with Gasteiger partial charge in [0, 0.05) is 12.1 Å². The molecule has 0 atom stereocenters. The zero-order valence-electron chi connectivity index (χ0n) is 11.4. The van der Waals surface area contributed by atoms with Crippen molar-refractivity contribution in [1.29, 1.82) is 0 Å². The van der Waals surface area contributed by atoms with Crippen LogP contribution in [0, 0.1) is 10.1 Å². The molecule has 104 valence electrons. The van der Waals surface area contributed by atoms with Crippen molar-refractivity contribution in [1.82, 2.24) is 0 Å². The van der Waals surface area contributed by atoms with Gasteiger partial charge in [-0.1, -0.05) is 31.9 Å². The third kappa shape index (κ3) is 6.72. The quantitative estimate of drug-likeness (QED) is 0.290. The lowest BCUT2D eigenvalue weighted by atomic mass is 10.2. The van der Waals surface area contributed by atoms with Crippen LogP contribution in [0.4, 0.5) is 5.69 Å². The summed E-state index contributed by atoms with van der Waals surface area (Å²) in [5.41, 5.74) is 1.06. The van der Waals surface area contributed by atoms with Crippen LogP contribution < -0.4 is 0 Å². The molecule has 0 saturated heterocycles. The molecule has 19 heavy (non-hydrogen) atoms. The average Bonchev–Trinajstić information content (AvgIpc) is 2.42. The summed E-state index contributed by atoms with van der Waals surface area (Å²) < 4.78 is 5.47. The SMILES string of the molecule is CCCCC/C=C/COCc1ccc([N+](=O)[O-])cc1. The van der Waals surface area contributed by atoms with E-state index in [1.54, 1.807) is 12.1 Å². The predicted octanol–water partition coefficient (Wildman–Crippen LogP) is 4.25. The predicted molar refractivity (Wildman–Crippen MR) is 76.0 cm³/mol. The Bertz CT molecular complexity index is 398. The van der Waals surface area contributed by atoms with E-state index in [0.717, 1.165) is 12.0 Å². The lowest BCUT2D eigenvalue weighted by Crippen LogP contribution is -1.94. The number of hydrogen-bond acceptors (Lipinski definition) is 3. The molecule has 0 fully saturated rings. The van der Waals surface area contributed by atoms with Crippen molar-refractivity contribution in [3.8, 4) is 0 Å². The third-order valence-corrected chi connectivity index (χ3v) is 2.77. The molecular formula is C15H21NO3. The first kappa shape index (κ1) is 15.4. The molecule has 0 aliphatic carbocycles. The van der Waals surface area contributed by atoms with Crippen LogP contribution >= 0.6 is 0 Å². The van der Waals surface area contributed by atoms with E-state index in [0.29, 0.717) is 13.2 Å². The van der Waals surface area contributed by atoms with Crippen molar-refractivity contribution in [2.75, 3.05) is 6.61 Å². The summed E-state index contributed by atoms with van der Waals surface area (Å²) in [5, 5.41) is 10.5. The minimum absolute atomic E-state index is 0.111. The second-order valence-electron chi connectivity index (χ2n) is 4.41. The summed E-state index contributed by atoms with van der Waals surface area (Å²) in [6.45, 7) is 3.26. The summed E-state index contributed by atoms with van der Waals surface area (Å²) in [4.78, 5) is 10.1. The number of unbranched alkanes of at least 4 members (excludes halogenated alkanes) is 3. The van der Waals surface area contributed by atoms with Crippen LogP contribution in [0.15, 0.2) is 36.4 Å². The number of rotatable bonds is 9.